The van der Waals surface area contributed by atoms with Crippen LogP contribution in [0.2, 0.25) is 0 Å². The van der Waals surface area contributed by atoms with E-state index in [1.807, 2.05) is 12.1 Å². The smallest absolute Gasteiger partial charge is 0.356 e. The van der Waals surface area contributed by atoms with Gasteiger partial charge in [-0.2, -0.15) is 0 Å². The Bertz CT molecular complexity index is 793. The molecule has 0 unspecified atom stereocenters. The Labute approximate surface area is 152 Å². The van der Waals surface area contributed by atoms with Crippen LogP contribution in [0.15, 0.2) is 18.2 Å². The van der Waals surface area contributed by atoms with Crippen molar-refractivity contribution in [2.75, 3.05) is 39.2 Å². The zero-order chi connectivity index (χ0) is 18.5. The van der Waals surface area contributed by atoms with Crippen LogP contribution in [-0.4, -0.2) is 55.6 Å². The lowest BCUT2D eigenvalue weighted by Gasteiger charge is -2.25. The number of carbonyl (C=O) groups excluding carboxylic acids is 2. The number of ether oxygens (including phenoxy) is 2. The number of likely N-dealkylation sites (tertiary alicyclic amines) is 1. The van der Waals surface area contributed by atoms with E-state index >= 15 is 0 Å². The Morgan fingerprint density at radius 2 is 1.96 bits per heavy atom. The monoisotopic (exact) mass is 359 g/mol. The molecule has 0 saturated carbocycles. The second kappa shape index (κ2) is 8.23. The largest absolute Gasteiger partial charge is 0.496 e. The summed E-state index contributed by atoms with van der Waals surface area (Å²) >= 11 is 0. The molecule has 1 aliphatic rings. The molecule has 7 heteroatoms. The normalized spacial score (nSPS) is 15.0. The first-order valence-electron chi connectivity index (χ1n) is 8.93. The Morgan fingerprint density at radius 1 is 1.19 bits per heavy atom. The molecule has 140 valence electrons. The first-order valence-corrected chi connectivity index (χ1v) is 8.93. The third-order valence-corrected chi connectivity index (χ3v) is 4.76. The van der Waals surface area contributed by atoms with Crippen molar-refractivity contribution >= 4 is 28.5 Å². The summed E-state index contributed by atoms with van der Waals surface area (Å²) in [7, 11) is 2.87. The van der Waals surface area contributed by atoms with Gasteiger partial charge in [0, 0.05) is 13.0 Å². The maximum atomic E-state index is 12.5. The summed E-state index contributed by atoms with van der Waals surface area (Å²) in [6.45, 7) is 2.81. The van der Waals surface area contributed by atoms with Gasteiger partial charge in [-0.1, -0.05) is 12.5 Å². The molecule has 0 atom stereocenters. The molecular formula is C19H25N3O4. The molecule has 0 aliphatic carbocycles. The number of H-pyrrole nitrogens is 1. The van der Waals surface area contributed by atoms with E-state index in [2.05, 4.69) is 15.2 Å². The highest BCUT2D eigenvalue weighted by atomic mass is 16.5. The molecule has 1 aliphatic heterocycles. The van der Waals surface area contributed by atoms with Gasteiger partial charge in [-0.15, -0.1) is 0 Å². The number of aromatic nitrogens is 1. The maximum Gasteiger partial charge on any atom is 0.356 e. The van der Waals surface area contributed by atoms with E-state index in [9.17, 15) is 9.59 Å². The number of amides is 1. The highest BCUT2D eigenvalue weighted by molar-refractivity contribution is 6.12. The fraction of sp³-hybridized carbons (Fsp3) is 0.474. The molecule has 1 aromatic heterocycles. The maximum absolute atomic E-state index is 12.5. The van der Waals surface area contributed by atoms with Crippen LogP contribution in [0.3, 0.4) is 0 Å². The summed E-state index contributed by atoms with van der Waals surface area (Å²) in [5, 5.41) is 3.55. The number of rotatable bonds is 6. The summed E-state index contributed by atoms with van der Waals surface area (Å²) in [6.07, 6.45) is 4.02. The Kier molecular flexibility index (Phi) is 5.78. The number of methoxy groups -OCH3 is 2. The van der Waals surface area contributed by atoms with Crippen molar-refractivity contribution in [3.63, 3.8) is 0 Å². The Balaban J connectivity index is 1.82. The molecule has 0 bridgehead atoms. The van der Waals surface area contributed by atoms with Gasteiger partial charge in [0.2, 0.25) is 5.91 Å². The average molecular weight is 359 g/mol. The van der Waals surface area contributed by atoms with Gasteiger partial charge in [0.05, 0.1) is 30.8 Å². The van der Waals surface area contributed by atoms with E-state index in [-0.39, 0.29) is 11.6 Å². The molecule has 2 aromatic rings. The summed E-state index contributed by atoms with van der Waals surface area (Å²) in [4.78, 5) is 30.0. The van der Waals surface area contributed by atoms with Crippen LogP contribution >= 0.6 is 0 Å². The summed E-state index contributed by atoms with van der Waals surface area (Å²) in [5.41, 5.74) is 1.34. The Morgan fingerprint density at radius 3 is 2.65 bits per heavy atom. The summed E-state index contributed by atoms with van der Waals surface area (Å²) in [6, 6.07) is 5.44. The van der Waals surface area contributed by atoms with E-state index < -0.39 is 5.97 Å². The van der Waals surface area contributed by atoms with E-state index in [1.165, 1.54) is 26.4 Å². The second-order valence-corrected chi connectivity index (χ2v) is 6.45. The van der Waals surface area contributed by atoms with Crippen LogP contribution in [0.4, 0.5) is 5.69 Å². The van der Waals surface area contributed by atoms with Crippen LogP contribution in [0.1, 0.15) is 36.2 Å². The fourth-order valence-electron chi connectivity index (χ4n) is 3.41. The fourth-order valence-corrected chi connectivity index (χ4v) is 3.41. The molecule has 0 radical (unpaired) electrons. The standard InChI is InChI=1S/C19H25N3O4/c1-25-14-8-6-7-13-16(14)17(18(20-13)19(24)26-2)21-15(23)9-12-22-10-4-3-5-11-22/h6-8,20H,3-5,9-12H2,1-2H3,(H,21,23). The van der Waals surface area contributed by atoms with E-state index in [1.54, 1.807) is 13.2 Å². The van der Waals surface area contributed by atoms with Crippen molar-refractivity contribution < 1.29 is 19.1 Å². The van der Waals surface area contributed by atoms with Gasteiger partial charge in [-0.25, -0.2) is 4.79 Å². The number of benzene rings is 1. The predicted molar refractivity (Wildman–Crippen MR) is 99.7 cm³/mol. The van der Waals surface area contributed by atoms with Gasteiger partial charge in [0.15, 0.2) is 0 Å². The van der Waals surface area contributed by atoms with Gasteiger partial charge in [0.1, 0.15) is 11.4 Å². The molecular weight excluding hydrogens is 334 g/mol. The van der Waals surface area contributed by atoms with Crippen molar-refractivity contribution in [1.82, 2.24) is 9.88 Å². The average Bonchev–Trinajstić information content (AvgIpc) is 3.05. The highest BCUT2D eigenvalue weighted by Gasteiger charge is 2.23. The first kappa shape index (κ1) is 18.3. The highest BCUT2D eigenvalue weighted by Crippen LogP contribution is 2.35. The van der Waals surface area contributed by atoms with E-state index in [0.29, 0.717) is 28.8 Å². The number of fused-ring (bicyclic) bond motifs is 1. The number of nitrogens with zero attached hydrogens (tertiary/aromatic N) is 1. The lowest BCUT2D eigenvalue weighted by Crippen LogP contribution is -2.32. The molecule has 1 fully saturated rings. The SMILES string of the molecule is COC(=O)c1[nH]c2cccc(OC)c2c1NC(=O)CCN1CCCCC1. The molecule has 0 spiro atoms. The van der Waals surface area contributed by atoms with Crippen molar-refractivity contribution in [2.45, 2.75) is 25.7 Å². The zero-order valence-corrected chi connectivity index (χ0v) is 15.3. The molecule has 1 aromatic carbocycles. The minimum atomic E-state index is -0.533. The van der Waals surface area contributed by atoms with E-state index in [4.69, 9.17) is 9.47 Å². The van der Waals surface area contributed by atoms with Crippen molar-refractivity contribution in [3.05, 3.63) is 23.9 Å². The molecule has 2 N–H and O–H groups in total. The number of carbonyl (C=O) groups is 2. The number of hydrogen-bond donors (Lipinski definition) is 2. The van der Waals surface area contributed by atoms with Gasteiger partial charge >= 0.3 is 5.97 Å². The summed E-state index contributed by atoms with van der Waals surface area (Å²) < 4.78 is 10.2. The number of nitrogens with one attached hydrogen (secondary N) is 2. The van der Waals surface area contributed by atoms with Crippen molar-refractivity contribution in [2.24, 2.45) is 0 Å². The lowest BCUT2D eigenvalue weighted by atomic mass is 10.1. The van der Waals surface area contributed by atoms with Gasteiger partial charge in [0.25, 0.3) is 0 Å². The van der Waals surface area contributed by atoms with Crippen molar-refractivity contribution in [3.8, 4) is 5.75 Å². The molecule has 2 heterocycles. The minimum Gasteiger partial charge on any atom is -0.496 e. The van der Waals surface area contributed by atoms with Gasteiger partial charge in [-0.05, 0) is 38.1 Å². The topological polar surface area (TPSA) is 83.7 Å². The van der Waals surface area contributed by atoms with Crippen LogP contribution in [0, 0.1) is 0 Å². The quantitative estimate of drug-likeness (QED) is 0.775. The third kappa shape index (κ3) is 3.83. The molecule has 1 saturated heterocycles. The number of anilines is 1. The number of piperidine rings is 1. The van der Waals surface area contributed by atoms with Crippen LogP contribution in [0.25, 0.3) is 10.9 Å². The predicted octanol–water partition coefficient (Wildman–Crippen LogP) is 2.78. The second-order valence-electron chi connectivity index (χ2n) is 6.45. The Hall–Kier alpha value is -2.54. The summed E-state index contributed by atoms with van der Waals surface area (Å²) in [5.74, 6) is -0.0812. The molecule has 3 rings (SSSR count). The molecule has 26 heavy (non-hydrogen) atoms. The number of aromatic amines is 1. The van der Waals surface area contributed by atoms with Crippen LogP contribution in [0.5, 0.6) is 5.75 Å². The number of esters is 1. The lowest BCUT2D eigenvalue weighted by molar-refractivity contribution is -0.116. The van der Waals surface area contributed by atoms with Gasteiger partial charge in [-0.3, -0.25) is 4.79 Å². The minimum absolute atomic E-state index is 0.132. The molecule has 7 nitrogen and oxygen atoms in total. The van der Waals surface area contributed by atoms with Crippen LogP contribution < -0.4 is 10.1 Å². The van der Waals surface area contributed by atoms with Gasteiger partial charge < -0.3 is 24.7 Å². The van der Waals surface area contributed by atoms with Crippen LogP contribution in [-0.2, 0) is 9.53 Å². The van der Waals surface area contributed by atoms with Crippen molar-refractivity contribution in [1.29, 1.82) is 0 Å². The third-order valence-electron chi connectivity index (χ3n) is 4.76. The molecule has 1 amide bonds. The zero-order valence-electron chi connectivity index (χ0n) is 15.3. The number of hydrogen-bond acceptors (Lipinski definition) is 5. The van der Waals surface area contributed by atoms with E-state index in [0.717, 1.165) is 19.6 Å². The first-order chi connectivity index (χ1) is 12.6.